The van der Waals surface area contributed by atoms with Gasteiger partial charge in [-0.2, -0.15) is 0 Å². The lowest BCUT2D eigenvalue weighted by atomic mass is 10.1. The zero-order chi connectivity index (χ0) is 14.5. The maximum absolute atomic E-state index is 13.3. The van der Waals surface area contributed by atoms with Crippen molar-refractivity contribution in [2.75, 3.05) is 7.05 Å². The molecule has 2 aromatic rings. The van der Waals surface area contributed by atoms with Crippen molar-refractivity contribution in [1.29, 1.82) is 0 Å². The molecule has 0 fully saturated rings. The average molecular weight is 273 g/mol. The normalized spacial score (nSPS) is 10.6. The number of nitrogens with one attached hydrogen (secondary N) is 1. The predicted molar refractivity (Wildman–Crippen MR) is 79.4 cm³/mol. The second kappa shape index (κ2) is 6.53. The largest absolute Gasteiger partial charge is 0.489 e. The summed E-state index contributed by atoms with van der Waals surface area (Å²) in [7, 11) is 1.83. The van der Waals surface area contributed by atoms with E-state index in [9.17, 15) is 4.39 Å². The highest BCUT2D eigenvalue weighted by Crippen LogP contribution is 2.21. The van der Waals surface area contributed by atoms with E-state index in [0.717, 1.165) is 16.9 Å². The van der Waals surface area contributed by atoms with Crippen molar-refractivity contribution in [2.24, 2.45) is 0 Å². The highest BCUT2D eigenvalue weighted by molar-refractivity contribution is 5.35. The summed E-state index contributed by atoms with van der Waals surface area (Å²) in [6.07, 6.45) is 0. The lowest BCUT2D eigenvalue weighted by molar-refractivity contribution is 0.301. The summed E-state index contributed by atoms with van der Waals surface area (Å²) in [5, 5.41) is 3.02. The highest BCUT2D eigenvalue weighted by atomic mass is 19.1. The van der Waals surface area contributed by atoms with E-state index in [0.29, 0.717) is 13.2 Å². The number of hydrogen-bond donors (Lipinski definition) is 1. The van der Waals surface area contributed by atoms with Crippen LogP contribution in [0.15, 0.2) is 36.4 Å². The van der Waals surface area contributed by atoms with Crippen molar-refractivity contribution in [2.45, 2.75) is 27.0 Å². The van der Waals surface area contributed by atoms with Gasteiger partial charge in [-0.05, 0) is 44.7 Å². The second-order valence-corrected chi connectivity index (χ2v) is 5.07. The Labute approximate surface area is 119 Å². The van der Waals surface area contributed by atoms with E-state index in [1.54, 1.807) is 6.07 Å². The maximum Gasteiger partial charge on any atom is 0.124 e. The molecule has 2 rings (SSSR count). The van der Waals surface area contributed by atoms with Crippen molar-refractivity contribution in [3.63, 3.8) is 0 Å². The van der Waals surface area contributed by atoms with E-state index >= 15 is 0 Å². The summed E-state index contributed by atoms with van der Waals surface area (Å²) >= 11 is 0. The maximum atomic E-state index is 13.3. The first-order valence-corrected chi connectivity index (χ1v) is 6.71. The van der Waals surface area contributed by atoms with Crippen molar-refractivity contribution in [3.05, 3.63) is 64.5 Å². The molecule has 0 bridgehead atoms. The SMILES string of the molecule is CNCc1cc(F)ccc1OCc1cc(C)cc(C)c1. The minimum atomic E-state index is -0.242. The molecule has 0 atom stereocenters. The molecule has 0 unspecified atom stereocenters. The first-order chi connectivity index (χ1) is 9.58. The minimum absolute atomic E-state index is 0.242. The summed E-state index contributed by atoms with van der Waals surface area (Å²) < 4.78 is 19.1. The topological polar surface area (TPSA) is 21.3 Å². The van der Waals surface area contributed by atoms with Gasteiger partial charge in [0.05, 0.1) is 0 Å². The molecule has 0 aliphatic carbocycles. The van der Waals surface area contributed by atoms with Crippen molar-refractivity contribution in [3.8, 4) is 5.75 Å². The van der Waals surface area contributed by atoms with Gasteiger partial charge in [-0.1, -0.05) is 29.3 Å². The van der Waals surface area contributed by atoms with E-state index in [1.807, 2.05) is 7.05 Å². The molecular weight excluding hydrogens is 253 g/mol. The zero-order valence-corrected chi connectivity index (χ0v) is 12.2. The van der Waals surface area contributed by atoms with Crippen LogP contribution < -0.4 is 10.1 Å². The van der Waals surface area contributed by atoms with Crippen LogP contribution in [0.25, 0.3) is 0 Å². The molecule has 0 amide bonds. The Morgan fingerprint density at radius 1 is 1.05 bits per heavy atom. The summed E-state index contributed by atoms with van der Waals surface area (Å²) in [4.78, 5) is 0. The van der Waals surface area contributed by atoms with Gasteiger partial charge >= 0.3 is 0 Å². The zero-order valence-electron chi connectivity index (χ0n) is 12.2. The summed E-state index contributed by atoms with van der Waals surface area (Å²) in [5.74, 6) is 0.480. The van der Waals surface area contributed by atoms with Gasteiger partial charge in [0.15, 0.2) is 0 Å². The van der Waals surface area contributed by atoms with E-state index in [-0.39, 0.29) is 5.82 Å². The lowest BCUT2D eigenvalue weighted by Crippen LogP contribution is -2.08. The van der Waals surface area contributed by atoms with Gasteiger partial charge in [-0.25, -0.2) is 4.39 Å². The van der Waals surface area contributed by atoms with Crippen LogP contribution in [0.4, 0.5) is 4.39 Å². The molecule has 0 aliphatic rings. The van der Waals surface area contributed by atoms with Gasteiger partial charge in [0.1, 0.15) is 18.2 Å². The van der Waals surface area contributed by atoms with Crippen LogP contribution in [0.3, 0.4) is 0 Å². The molecule has 2 aromatic carbocycles. The smallest absolute Gasteiger partial charge is 0.124 e. The fraction of sp³-hybridized carbons (Fsp3) is 0.294. The summed E-state index contributed by atoms with van der Waals surface area (Å²) in [6, 6.07) is 11.0. The Kier molecular flexibility index (Phi) is 4.74. The summed E-state index contributed by atoms with van der Waals surface area (Å²) in [6.45, 7) is 5.21. The molecule has 0 radical (unpaired) electrons. The molecule has 0 aliphatic heterocycles. The van der Waals surface area contributed by atoms with Crippen LogP contribution in [0, 0.1) is 19.7 Å². The first-order valence-electron chi connectivity index (χ1n) is 6.71. The number of rotatable bonds is 5. The Morgan fingerprint density at radius 2 is 1.75 bits per heavy atom. The number of aryl methyl sites for hydroxylation is 2. The molecular formula is C17H20FNO. The molecule has 0 heterocycles. The monoisotopic (exact) mass is 273 g/mol. The standard InChI is InChI=1S/C17H20FNO/c1-12-6-13(2)8-14(7-12)11-20-17-5-4-16(18)9-15(17)10-19-3/h4-9,19H,10-11H2,1-3H3. The Hall–Kier alpha value is -1.87. The van der Waals surface area contributed by atoms with Gasteiger partial charge in [0.25, 0.3) is 0 Å². The Bertz CT molecular complexity index is 575. The lowest BCUT2D eigenvalue weighted by Gasteiger charge is -2.12. The van der Waals surface area contributed by atoms with E-state index < -0.39 is 0 Å². The highest BCUT2D eigenvalue weighted by Gasteiger charge is 2.05. The van der Waals surface area contributed by atoms with E-state index in [4.69, 9.17) is 4.74 Å². The van der Waals surface area contributed by atoms with Gasteiger partial charge in [-0.3, -0.25) is 0 Å². The van der Waals surface area contributed by atoms with E-state index in [2.05, 4.69) is 37.4 Å². The van der Waals surface area contributed by atoms with Crippen molar-refractivity contribution >= 4 is 0 Å². The van der Waals surface area contributed by atoms with E-state index in [1.165, 1.54) is 23.3 Å². The molecule has 0 saturated heterocycles. The first kappa shape index (κ1) is 14.5. The van der Waals surface area contributed by atoms with Gasteiger partial charge in [0.2, 0.25) is 0 Å². The van der Waals surface area contributed by atoms with Crippen LogP contribution >= 0.6 is 0 Å². The molecule has 1 N–H and O–H groups in total. The van der Waals surface area contributed by atoms with Gasteiger partial charge < -0.3 is 10.1 Å². The molecule has 0 saturated carbocycles. The van der Waals surface area contributed by atoms with Crippen LogP contribution in [0.5, 0.6) is 5.75 Å². The van der Waals surface area contributed by atoms with Gasteiger partial charge in [0, 0.05) is 12.1 Å². The predicted octanol–water partition coefficient (Wildman–Crippen LogP) is 3.74. The van der Waals surface area contributed by atoms with Crippen LogP contribution in [-0.2, 0) is 13.2 Å². The molecule has 0 aromatic heterocycles. The fourth-order valence-corrected chi connectivity index (χ4v) is 2.33. The Morgan fingerprint density at radius 3 is 2.40 bits per heavy atom. The molecule has 2 nitrogen and oxygen atoms in total. The van der Waals surface area contributed by atoms with Crippen LogP contribution in [-0.4, -0.2) is 7.05 Å². The van der Waals surface area contributed by atoms with Gasteiger partial charge in [-0.15, -0.1) is 0 Å². The third-order valence-corrected chi connectivity index (χ3v) is 3.07. The number of hydrogen-bond acceptors (Lipinski definition) is 2. The fourth-order valence-electron chi connectivity index (χ4n) is 2.33. The van der Waals surface area contributed by atoms with Crippen molar-refractivity contribution in [1.82, 2.24) is 5.32 Å². The third kappa shape index (κ3) is 3.81. The van der Waals surface area contributed by atoms with Crippen molar-refractivity contribution < 1.29 is 9.13 Å². The quantitative estimate of drug-likeness (QED) is 0.896. The molecule has 20 heavy (non-hydrogen) atoms. The molecule has 0 spiro atoms. The molecule has 106 valence electrons. The third-order valence-electron chi connectivity index (χ3n) is 3.07. The minimum Gasteiger partial charge on any atom is -0.489 e. The molecule has 3 heteroatoms. The Balaban J connectivity index is 2.13. The van der Waals surface area contributed by atoms with Crippen LogP contribution in [0.2, 0.25) is 0 Å². The summed E-state index contributed by atoms with van der Waals surface area (Å²) in [5.41, 5.74) is 4.40. The number of halogens is 1. The van der Waals surface area contributed by atoms with Crippen LogP contribution in [0.1, 0.15) is 22.3 Å². The second-order valence-electron chi connectivity index (χ2n) is 5.07. The number of benzene rings is 2. The average Bonchev–Trinajstić information content (AvgIpc) is 2.37. The number of ether oxygens (including phenoxy) is 1.